The number of allylic oxidation sites excluding steroid dienone is 2. The zero-order valence-electron chi connectivity index (χ0n) is 16.0. The Morgan fingerprint density at radius 3 is 2.21 bits per heavy atom. The van der Waals surface area contributed by atoms with Crippen molar-refractivity contribution in [1.29, 1.82) is 0 Å². The van der Waals surface area contributed by atoms with E-state index in [0.29, 0.717) is 43.7 Å². The number of piperazine rings is 1. The van der Waals surface area contributed by atoms with Crippen LogP contribution in [-0.2, 0) is 10.0 Å². The molecule has 2 heterocycles. The molecule has 1 aliphatic carbocycles. The van der Waals surface area contributed by atoms with E-state index in [1.165, 1.54) is 16.4 Å². The van der Waals surface area contributed by atoms with Crippen molar-refractivity contribution in [3.05, 3.63) is 40.5 Å². The number of fused-ring (bicyclic) bond motifs is 1. The molecule has 9 heteroatoms. The fraction of sp³-hybridized carbons (Fsp3) is 0.579. The molecule has 2 fully saturated rings. The Morgan fingerprint density at radius 1 is 1.04 bits per heavy atom. The van der Waals surface area contributed by atoms with Crippen molar-refractivity contribution in [2.24, 2.45) is 11.8 Å². The highest BCUT2D eigenvalue weighted by Gasteiger charge is 2.36. The molecule has 4 rings (SSSR count). The largest absolute Gasteiger partial charge is 0.365 e. The minimum Gasteiger partial charge on any atom is -0.365 e. The number of likely N-dealkylation sites (N-methyl/N-ethyl adjacent to an activating group) is 1. The van der Waals surface area contributed by atoms with Crippen molar-refractivity contribution in [3.63, 3.8) is 0 Å². The summed E-state index contributed by atoms with van der Waals surface area (Å²) in [5.74, 6) is 1.02. The van der Waals surface area contributed by atoms with Crippen molar-refractivity contribution in [2.75, 3.05) is 51.2 Å². The molecular formula is C19H26N4O4S. The third-order valence-electron chi connectivity index (χ3n) is 6.21. The summed E-state index contributed by atoms with van der Waals surface area (Å²) in [6, 6.07) is 4.38. The fourth-order valence-corrected chi connectivity index (χ4v) is 5.91. The van der Waals surface area contributed by atoms with Crippen LogP contribution in [0.5, 0.6) is 0 Å². The molecule has 8 nitrogen and oxygen atoms in total. The van der Waals surface area contributed by atoms with Crippen LogP contribution in [0.3, 0.4) is 0 Å². The minimum absolute atomic E-state index is 0.00535. The monoisotopic (exact) mass is 406 g/mol. The standard InChI is InChI=1S/C19H26N4O4S/c1-20-8-10-22(11-9-20)28(26,27)17-6-7-18(19(12-17)23(24)25)21-13-15-4-2-3-5-16(15)14-21/h2-3,6-7,12,15-16H,4-5,8-11,13-14H2,1H3. The molecule has 152 valence electrons. The summed E-state index contributed by atoms with van der Waals surface area (Å²) in [6.07, 6.45) is 6.38. The van der Waals surface area contributed by atoms with Crippen LogP contribution in [0, 0.1) is 22.0 Å². The van der Waals surface area contributed by atoms with Gasteiger partial charge in [0.25, 0.3) is 5.69 Å². The second-order valence-electron chi connectivity index (χ2n) is 7.98. The second-order valence-corrected chi connectivity index (χ2v) is 9.92. The van der Waals surface area contributed by atoms with Gasteiger partial charge >= 0.3 is 0 Å². The van der Waals surface area contributed by atoms with Gasteiger partial charge < -0.3 is 9.80 Å². The maximum absolute atomic E-state index is 13.0. The lowest BCUT2D eigenvalue weighted by Gasteiger charge is -2.31. The summed E-state index contributed by atoms with van der Waals surface area (Å²) < 4.78 is 27.4. The number of rotatable bonds is 4. The molecule has 28 heavy (non-hydrogen) atoms. The molecular weight excluding hydrogens is 380 g/mol. The van der Waals surface area contributed by atoms with Gasteiger partial charge in [0.15, 0.2) is 0 Å². The number of sulfonamides is 1. The third-order valence-corrected chi connectivity index (χ3v) is 8.10. The molecule has 0 bridgehead atoms. The Kier molecular flexibility index (Phi) is 5.15. The van der Waals surface area contributed by atoms with Crippen LogP contribution in [0.2, 0.25) is 0 Å². The predicted molar refractivity (Wildman–Crippen MR) is 107 cm³/mol. The first-order chi connectivity index (χ1) is 13.4. The number of anilines is 1. The first-order valence-electron chi connectivity index (χ1n) is 9.73. The summed E-state index contributed by atoms with van der Waals surface area (Å²) in [4.78, 5) is 15.4. The third kappa shape index (κ3) is 3.54. The molecule has 0 spiro atoms. The molecule has 0 N–H and O–H groups in total. The Bertz CT molecular complexity index is 877. The van der Waals surface area contributed by atoms with Gasteiger partial charge in [0, 0.05) is 45.3 Å². The number of nitro benzene ring substituents is 1. The molecule has 2 saturated heterocycles. The SMILES string of the molecule is CN1CCN(S(=O)(=O)c2ccc(N3CC4CC=CCC4C3)c([N+](=O)[O-])c2)CC1. The van der Waals surface area contributed by atoms with E-state index in [1.807, 2.05) is 11.9 Å². The number of hydrogen-bond acceptors (Lipinski definition) is 6. The van der Waals surface area contributed by atoms with Gasteiger partial charge in [0.1, 0.15) is 5.69 Å². The van der Waals surface area contributed by atoms with Crippen molar-refractivity contribution >= 4 is 21.4 Å². The second kappa shape index (κ2) is 7.46. The lowest BCUT2D eigenvalue weighted by Crippen LogP contribution is -2.47. The average Bonchev–Trinajstić information content (AvgIpc) is 3.12. The van der Waals surface area contributed by atoms with Gasteiger partial charge in [-0.2, -0.15) is 4.31 Å². The number of benzene rings is 1. The Balaban J connectivity index is 1.62. The Morgan fingerprint density at radius 2 is 1.64 bits per heavy atom. The molecule has 2 atom stereocenters. The van der Waals surface area contributed by atoms with Crippen LogP contribution in [0.15, 0.2) is 35.2 Å². The number of hydrogen-bond donors (Lipinski definition) is 0. The molecule has 1 aromatic rings. The Labute approximate surface area is 165 Å². The van der Waals surface area contributed by atoms with E-state index in [0.717, 1.165) is 25.9 Å². The highest BCUT2D eigenvalue weighted by molar-refractivity contribution is 7.89. The number of nitrogens with zero attached hydrogens (tertiary/aromatic N) is 4. The van der Waals surface area contributed by atoms with Gasteiger partial charge in [0.05, 0.1) is 9.82 Å². The van der Waals surface area contributed by atoms with Crippen molar-refractivity contribution < 1.29 is 13.3 Å². The topological polar surface area (TPSA) is 87.0 Å². The van der Waals surface area contributed by atoms with Crippen molar-refractivity contribution in [3.8, 4) is 0 Å². The van der Waals surface area contributed by atoms with E-state index in [-0.39, 0.29) is 10.6 Å². The normalized spacial score (nSPS) is 26.4. The number of nitro groups is 1. The van der Waals surface area contributed by atoms with Crippen LogP contribution in [0.1, 0.15) is 12.8 Å². The van der Waals surface area contributed by atoms with E-state index >= 15 is 0 Å². The van der Waals surface area contributed by atoms with E-state index in [1.54, 1.807) is 6.07 Å². The van der Waals surface area contributed by atoms with E-state index in [9.17, 15) is 18.5 Å². The van der Waals surface area contributed by atoms with Crippen molar-refractivity contribution in [1.82, 2.24) is 9.21 Å². The Hall–Kier alpha value is -1.97. The average molecular weight is 407 g/mol. The van der Waals surface area contributed by atoms with Crippen LogP contribution in [0.25, 0.3) is 0 Å². The summed E-state index contributed by atoms with van der Waals surface area (Å²) >= 11 is 0. The molecule has 2 unspecified atom stereocenters. The summed E-state index contributed by atoms with van der Waals surface area (Å²) in [7, 11) is -1.78. The zero-order valence-corrected chi connectivity index (χ0v) is 16.8. The summed E-state index contributed by atoms with van der Waals surface area (Å²) in [6.45, 7) is 3.67. The molecule has 2 aliphatic heterocycles. The van der Waals surface area contributed by atoms with E-state index < -0.39 is 14.9 Å². The maximum Gasteiger partial charge on any atom is 0.293 e. The van der Waals surface area contributed by atoms with Gasteiger partial charge in [-0.15, -0.1) is 0 Å². The summed E-state index contributed by atoms with van der Waals surface area (Å²) in [5, 5.41) is 11.7. The predicted octanol–water partition coefficient (Wildman–Crippen LogP) is 1.93. The van der Waals surface area contributed by atoms with Crippen LogP contribution >= 0.6 is 0 Å². The lowest BCUT2D eigenvalue weighted by atomic mass is 9.86. The van der Waals surface area contributed by atoms with Gasteiger partial charge in [0.2, 0.25) is 10.0 Å². The van der Waals surface area contributed by atoms with Crippen LogP contribution in [-0.4, -0.2) is 68.9 Å². The van der Waals surface area contributed by atoms with Crippen LogP contribution < -0.4 is 4.90 Å². The van der Waals surface area contributed by atoms with Gasteiger partial charge in [-0.05, 0) is 43.9 Å². The molecule has 0 aromatic heterocycles. The van der Waals surface area contributed by atoms with Gasteiger partial charge in [-0.1, -0.05) is 12.2 Å². The first kappa shape index (κ1) is 19.4. The smallest absolute Gasteiger partial charge is 0.293 e. The van der Waals surface area contributed by atoms with E-state index in [4.69, 9.17) is 0 Å². The van der Waals surface area contributed by atoms with Crippen molar-refractivity contribution in [2.45, 2.75) is 17.7 Å². The first-order valence-corrected chi connectivity index (χ1v) is 11.2. The zero-order chi connectivity index (χ0) is 19.9. The van der Waals surface area contributed by atoms with Gasteiger partial charge in [-0.25, -0.2) is 8.42 Å². The van der Waals surface area contributed by atoms with E-state index in [2.05, 4.69) is 17.1 Å². The molecule has 0 saturated carbocycles. The van der Waals surface area contributed by atoms with Gasteiger partial charge in [-0.3, -0.25) is 10.1 Å². The molecule has 3 aliphatic rings. The fourth-order valence-electron chi connectivity index (χ4n) is 4.47. The highest BCUT2D eigenvalue weighted by Crippen LogP contribution is 2.39. The minimum atomic E-state index is -3.73. The summed E-state index contributed by atoms with van der Waals surface area (Å²) in [5.41, 5.74) is 0.401. The molecule has 1 aromatic carbocycles. The molecule has 0 amide bonds. The van der Waals surface area contributed by atoms with Crippen LogP contribution in [0.4, 0.5) is 11.4 Å². The molecule has 0 radical (unpaired) electrons. The highest BCUT2D eigenvalue weighted by atomic mass is 32.2. The quantitative estimate of drug-likeness (QED) is 0.431. The maximum atomic E-state index is 13.0. The lowest BCUT2D eigenvalue weighted by molar-refractivity contribution is -0.384.